The minimum absolute atomic E-state index is 0.220. The maximum absolute atomic E-state index is 12.5. The Bertz CT molecular complexity index is 701. The normalized spacial score (nSPS) is 10.5. The lowest BCUT2D eigenvalue weighted by Gasteiger charge is -2.13. The number of nitrogens with one attached hydrogen (secondary N) is 2. The monoisotopic (exact) mass is 328 g/mol. The number of aromatic nitrogens is 1. The number of carbonyl (C=O) groups is 1. The summed E-state index contributed by atoms with van der Waals surface area (Å²) in [5.41, 5.74) is 3.01. The molecule has 0 aliphatic carbocycles. The molecular formula is C18H24N4O2. The molecule has 0 bridgehead atoms. The summed E-state index contributed by atoms with van der Waals surface area (Å²) in [7, 11) is 5.61. The third-order valence-electron chi connectivity index (χ3n) is 3.49. The van der Waals surface area contributed by atoms with E-state index in [2.05, 4.69) is 20.5 Å². The summed E-state index contributed by atoms with van der Waals surface area (Å²) >= 11 is 0. The Morgan fingerprint density at radius 1 is 1.25 bits per heavy atom. The van der Waals surface area contributed by atoms with Crippen molar-refractivity contribution in [3.05, 3.63) is 47.8 Å². The number of pyridine rings is 1. The summed E-state index contributed by atoms with van der Waals surface area (Å²) in [6.45, 7) is 3.65. The minimum Gasteiger partial charge on any atom is -0.495 e. The van der Waals surface area contributed by atoms with Crippen LogP contribution < -0.4 is 15.4 Å². The van der Waals surface area contributed by atoms with Crippen molar-refractivity contribution in [3.63, 3.8) is 0 Å². The van der Waals surface area contributed by atoms with E-state index in [-0.39, 0.29) is 5.91 Å². The molecule has 2 aromatic rings. The van der Waals surface area contributed by atoms with E-state index < -0.39 is 0 Å². The molecule has 0 unspecified atom stereocenters. The third kappa shape index (κ3) is 4.96. The average Bonchev–Trinajstić information content (AvgIpc) is 2.55. The van der Waals surface area contributed by atoms with Crippen molar-refractivity contribution in [2.45, 2.75) is 6.92 Å². The van der Waals surface area contributed by atoms with Crippen molar-refractivity contribution in [1.29, 1.82) is 0 Å². The largest absolute Gasteiger partial charge is 0.495 e. The molecule has 0 spiro atoms. The number of likely N-dealkylation sites (N-methyl/N-ethyl adjacent to an activating group) is 1. The van der Waals surface area contributed by atoms with Gasteiger partial charge in [-0.1, -0.05) is 6.07 Å². The Kier molecular flexibility index (Phi) is 6.14. The highest BCUT2D eigenvalue weighted by Gasteiger charge is 2.11. The predicted octanol–water partition coefficient (Wildman–Crippen LogP) is 2.62. The fourth-order valence-corrected chi connectivity index (χ4v) is 2.20. The number of nitrogens with zero attached hydrogens (tertiary/aromatic N) is 2. The smallest absolute Gasteiger partial charge is 0.257 e. The van der Waals surface area contributed by atoms with Crippen molar-refractivity contribution in [2.75, 3.05) is 44.9 Å². The van der Waals surface area contributed by atoms with E-state index in [1.165, 1.54) is 0 Å². The van der Waals surface area contributed by atoms with Gasteiger partial charge in [-0.05, 0) is 44.8 Å². The van der Waals surface area contributed by atoms with Crippen LogP contribution in [0.3, 0.4) is 0 Å². The summed E-state index contributed by atoms with van der Waals surface area (Å²) in [5, 5.41) is 6.14. The Morgan fingerprint density at radius 3 is 2.75 bits per heavy atom. The molecule has 2 N–H and O–H groups in total. The molecular weight excluding hydrogens is 304 g/mol. The van der Waals surface area contributed by atoms with Crippen LogP contribution in [0, 0.1) is 6.92 Å². The average molecular weight is 328 g/mol. The van der Waals surface area contributed by atoms with Crippen molar-refractivity contribution in [3.8, 4) is 5.75 Å². The number of benzene rings is 1. The molecule has 2 rings (SSSR count). The second-order valence-corrected chi connectivity index (χ2v) is 5.85. The van der Waals surface area contributed by atoms with Crippen LogP contribution >= 0.6 is 0 Å². The zero-order valence-electron chi connectivity index (χ0n) is 14.6. The number of anilines is 2. The minimum atomic E-state index is -0.220. The fourth-order valence-electron chi connectivity index (χ4n) is 2.20. The Hall–Kier alpha value is -2.60. The van der Waals surface area contributed by atoms with Crippen LogP contribution in [0.15, 0.2) is 36.7 Å². The zero-order valence-corrected chi connectivity index (χ0v) is 14.6. The van der Waals surface area contributed by atoms with Gasteiger partial charge in [0.1, 0.15) is 5.75 Å². The van der Waals surface area contributed by atoms with E-state index in [9.17, 15) is 4.79 Å². The summed E-state index contributed by atoms with van der Waals surface area (Å²) < 4.78 is 5.29. The lowest BCUT2D eigenvalue weighted by Crippen LogP contribution is -2.21. The van der Waals surface area contributed by atoms with Crippen molar-refractivity contribution in [1.82, 2.24) is 9.88 Å². The first-order chi connectivity index (χ1) is 11.5. The lowest BCUT2D eigenvalue weighted by molar-refractivity contribution is 0.102. The van der Waals surface area contributed by atoms with Gasteiger partial charge in [0.2, 0.25) is 0 Å². The van der Waals surface area contributed by atoms with E-state index in [0.717, 1.165) is 24.3 Å². The van der Waals surface area contributed by atoms with E-state index in [4.69, 9.17) is 4.74 Å². The van der Waals surface area contributed by atoms with Gasteiger partial charge in [-0.25, -0.2) is 0 Å². The molecule has 0 fully saturated rings. The maximum Gasteiger partial charge on any atom is 0.257 e. The number of rotatable bonds is 7. The third-order valence-corrected chi connectivity index (χ3v) is 3.49. The lowest BCUT2D eigenvalue weighted by atomic mass is 10.2. The molecule has 24 heavy (non-hydrogen) atoms. The van der Waals surface area contributed by atoms with Gasteiger partial charge in [-0.2, -0.15) is 0 Å². The van der Waals surface area contributed by atoms with E-state index in [1.807, 2.05) is 39.2 Å². The van der Waals surface area contributed by atoms with Gasteiger partial charge in [0.25, 0.3) is 5.91 Å². The molecule has 6 nitrogen and oxygen atoms in total. The second kappa shape index (κ2) is 8.31. The van der Waals surface area contributed by atoms with Gasteiger partial charge in [-0.15, -0.1) is 0 Å². The maximum atomic E-state index is 12.5. The van der Waals surface area contributed by atoms with E-state index >= 15 is 0 Å². The van der Waals surface area contributed by atoms with E-state index in [0.29, 0.717) is 17.0 Å². The first kappa shape index (κ1) is 17.7. The molecule has 0 aliphatic rings. The Balaban J connectivity index is 2.08. The Morgan fingerprint density at radius 2 is 2.04 bits per heavy atom. The summed E-state index contributed by atoms with van der Waals surface area (Å²) in [6.07, 6.45) is 3.26. The highest BCUT2D eigenvalue weighted by Crippen LogP contribution is 2.25. The molecule has 0 aliphatic heterocycles. The molecule has 0 atom stereocenters. The molecule has 1 amide bonds. The first-order valence-electron chi connectivity index (χ1n) is 7.79. The molecule has 0 saturated heterocycles. The number of hydrogen-bond acceptors (Lipinski definition) is 5. The highest BCUT2D eigenvalue weighted by molar-refractivity contribution is 6.05. The van der Waals surface area contributed by atoms with Crippen LogP contribution in [0.4, 0.5) is 11.4 Å². The van der Waals surface area contributed by atoms with Gasteiger partial charge in [-0.3, -0.25) is 9.78 Å². The van der Waals surface area contributed by atoms with Crippen LogP contribution in [-0.4, -0.2) is 50.1 Å². The molecule has 1 aromatic carbocycles. The standard InChI is InChI=1S/C18H24N4O2/c1-13-5-6-17(24-4)16(9-13)21-18(23)14-10-15(12-19-11-14)20-7-8-22(2)3/h5-6,9-12,20H,7-8H2,1-4H3,(H,21,23). The van der Waals surface area contributed by atoms with E-state index in [1.54, 1.807) is 25.6 Å². The number of carbonyl (C=O) groups excluding carboxylic acids is 1. The zero-order chi connectivity index (χ0) is 17.5. The van der Waals surface area contributed by atoms with Crippen molar-refractivity contribution >= 4 is 17.3 Å². The summed E-state index contributed by atoms with van der Waals surface area (Å²) in [4.78, 5) is 18.7. The van der Waals surface area contributed by atoms with Crippen LogP contribution in [0.25, 0.3) is 0 Å². The van der Waals surface area contributed by atoms with Crippen LogP contribution in [0.5, 0.6) is 5.75 Å². The van der Waals surface area contributed by atoms with Crippen molar-refractivity contribution < 1.29 is 9.53 Å². The number of amides is 1. The Labute approximate surface area is 142 Å². The molecule has 1 heterocycles. The topological polar surface area (TPSA) is 66.5 Å². The van der Waals surface area contributed by atoms with Gasteiger partial charge < -0.3 is 20.3 Å². The molecule has 0 saturated carbocycles. The molecule has 0 radical (unpaired) electrons. The van der Waals surface area contributed by atoms with Crippen LogP contribution in [0.1, 0.15) is 15.9 Å². The van der Waals surface area contributed by atoms with Crippen LogP contribution in [0.2, 0.25) is 0 Å². The highest BCUT2D eigenvalue weighted by atomic mass is 16.5. The quantitative estimate of drug-likeness (QED) is 0.818. The number of methoxy groups -OCH3 is 1. The van der Waals surface area contributed by atoms with Gasteiger partial charge in [0, 0.05) is 25.5 Å². The number of hydrogen-bond donors (Lipinski definition) is 2. The van der Waals surface area contributed by atoms with Gasteiger partial charge in [0.05, 0.1) is 24.0 Å². The number of aryl methyl sites for hydroxylation is 1. The van der Waals surface area contributed by atoms with Gasteiger partial charge >= 0.3 is 0 Å². The summed E-state index contributed by atoms with van der Waals surface area (Å²) in [6, 6.07) is 7.44. The second-order valence-electron chi connectivity index (χ2n) is 5.85. The van der Waals surface area contributed by atoms with Gasteiger partial charge in [0.15, 0.2) is 0 Å². The molecule has 6 heteroatoms. The predicted molar refractivity (Wildman–Crippen MR) is 97.0 cm³/mol. The molecule has 128 valence electrons. The van der Waals surface area contributed by atoms with Crippen molar-refractivity contribution in [2.24, 2.45) is 0 Å². The molecule has 1 aromatic heterocycles. The summed E-state index contributed by atoms with van der Waals surface area (Å²) in [5.74, 6) is 0.407. The SMILES string of the molecule is COc1ccc(C)cc1NC(=O)c1cncc(NCCN(C)C)c1. The first-order valence-corrected chi connectivity index (χ1v) is 7.79. The number of ether oxygens (including phenoxy) is 1. The van der Waals surface area contributed by atoms with Crippen LogP contribution in [-0.2, 0) is 0 Å². The fraction of sp³-hybridized carbons (Fsp3) is 0.333.